The van der Waals surface area contributed by atoms with Crippen molar-refractivity contribution in [3.05, 3.63) is 10.6 Å². The van der Waals surface area contributed by atoms with Crippen LogP contribution < -0.4 is 10.1 Å². The minimum atomic E-state index is -0.842. The van der Waals surface area contributed by atoms with E-state index in [-0.39, 0.29) is 21.7 Å². The van der Waals surface area contributed by atoms with Crippen LogP contribution in [0.3, 0.4) is 0 Å². The van der Waals surface area contributed by atoms with Crippen molar-refractivity contribution in [2.45, 2.75) is 33.2 Å². The molecule has 116 valence electrons. The Kier molecular flexibility index (Phi) is 5.25. The second kappa shape index (κ2) is 6.53. The summed E-state index contributed by atoms with van der Waals surface area (Å²) in [6.45, 7) is 6.70. The van der Waals surface area contributed by atoms with Crippen LogP contribution in [0.25, 0.3) is 0 Å². The summed E-state index contributed by atoms with van der Waals surface area (Å²) >= 11 is 0.869. The number of nitrogens with zero attached hydrogens (tertiary/aromatic N) is 2. The summed E-state index contributed by atoms with van der Waals surface area (Å²) in [5.41, 5.74) is -0.583. The number of esters is 1. The van der Waals surface area contributed by atoms with Crippen molar-refractivity contribution in [1.82, 2.24) is 10.3 Å². The minimum absolute atomic E-state index is 0.0309. The maximum atomic E-state index is 12.2. The van der Waals surface area contributed by atoms with Gasteiger partial charge in [0.15, 0.2) is 5.69 Å². The van der Waals surface area contributed by atoms with Gasteiger partial charge in [-0.2, -0.15) is 4.98 Å². The van der Waals surface area contributed by atoms with Crippen molar-refractivity contribution >= 4 is 29.1 Å². The predicted molar refractivity (Wildman–Crippen MR) is 76.2 cm³/mol. The molecule has 2 N–H and O–H groups in total. The van der Waals surface area contributed by atoms with Crippen LogP contribution in [0.1, 0.15) is 47.9 Å². The second-order valence-electron chi connectivity index (χ2n) is 5.07. The highest BCUT2D eigenvalue weighted by Crippen LogP contribution is 2.26. The Morgan fingerprint density at radius 2 is 2.00 bits per heavy atom. The van der Waals surface area contributed by atoms with Gasteiger partial charge in [-0.05, 0) is 20.8 Å². The SMILES string of the molecule is COc1nc(C(=O)NC(C)(C)C)c(C(=O)OC(C)=NO)s1. The molecule has 1 rings (SSSR count). The molecular formula is C12H17N3O5S. The van der Waals surface area contributed by atoms with Gasteiger partial charge in [0, 0.05) is 12.5 Å². The molecule has 0 aliphatic rings. The third-order valence-corrected chi connectivity index (χ3v) is 3.05. The van der Waals surface area contributed by atoms with Crippen molar-refractivity contribution in [3.8, 4) is 5.19 Å². The van der Waals surface area contributed by atoms with Crippen molar-refractivity contribution in [2.75, 3.05) is 7.11 Å². The van der Waals surface area contributed by atoms with Crippen molar-refractivity contribution < 1.29 is 24.3 Å². The second-order valence-corrected chi connectivity index (χ2v) is 6.04. The summed E-state index contributed by atoms with van der Waals surface area (Å²) < 4.78 is 9.70. The highest BCUT2D eigenvalue weighted by Gasteiger charge is 2.27. The van der Waals surface area contributed by atoms with E-state index in [2.05, 4.69) is 15.5 Å². The van der Waals surface area contributed by atoms with Crippen LogP contribution in [0.4, 0.5) is 0 Å². The molecule has 21 heavy (non-hydrogen) atoms. The summed E-state index contributed by atoms with van der Waals surface area (Å²) in [7, 11) is 1.37. The average molecular weight is 315 g/mol. The van der Waals surface area contributed by atoms with Gasteiger partial charge in [0.2, 0.25) is 5.90 Å². The number of hydrogen-bond donors (Lipinski definition) is 2. The summed E-state index contributed by atoms with van der Waals surface area (Å²) in [5, 5.41) is 14.1. The monoisotopic (exact) mass is 315 g/mol. The Balaban J connectivity index is 3.11. The predicted octanol–water partition coefficient (Wildman–Crippen LogP) is 1.64. The van der Waals surface area contributed by atoms with E-state index in [1.54, 1.807) is 20.8 Å². The van der Waals surface area contributed by atoms with Gasteiger partial charge in [-0.25, -0.2) is 4.79 Å². The number of hydrogen-bond acceptors (Lipinski definition) is 8. The zero-order valence-corrected chi connectivity index (χ0v) is 13.2. The number of carbonyl (C=O) groups is 2. The van der Waals surface area contributed by atoms with Gasteiger partial charge in [-0.15, -0.1) is 0 Å². The molecular weight excluding hydrogens is 298 g/mol. The molecule has 9 heteroatoms. The van der Waals surface area contributed by atoms with Crippen LogP contribution >= 0.6 is 11.3 Å². The fraction of sp³-hybridized carbons (Fsp3) is 0.500. The molecule has 0 spiro atoms. The Morgan fingerprint density at radius 1 is 1.38 bits per heavy atom. The maximum absolute atomic E-state index is 12.2. The van der Waals surface area contributed by atoms with E-state index in [9.17, 15) is 9.59 Å². The molecule has 1 heterocycles. The zero-order chi connectivity index (χ0) is 16.2. The van der Waals surface area contributed by atoms with Crippen molar-refractivity contribution in [2.24, 2.45) is 5.16 Å². The van der Waals surface area contributed by atoms with Crippen LogP contribution in [0.2, 0.25) is 0 Å². The van der Waals surface area contributed by atoms with E-state index < -0.39 is 17.4 Å². The summed E-state index contributed by atoms with van der Waals surface area (Å²) in [6.07, 6.45) is 0. The zero-order valence-electron chi connectivity index (χ0n) is 12.4. The standard InChI is InChI=1S/C12H17N3O5S/c1-6(15-18)20-10(17)8-7(13-11(19-5)21-8)9(16)14-12(2,3)4/h18H,1-5H3,(H,14,16). The Hall–Kier alpha value is -2.16. The van der Waals surface area contributed by atoms with Crippen LogP contribution in [-0.4, -0.2) is 40.6 Å². The lowest BCUT2D eigenvalue weighted by Crippen LogP contribution is -2.41. The molecule has 0 fully saturated rings. The molecule has 1 aromatic heterocycles. The van der Waals surface area contributed by atoms with Gasteiger partial charge >= 0.3 is 5.97 Å². The number of methoxy groups -OCH3 is 1. The number of nitrogens with one attached hydrogen (secondary N) is 1. The molecule has 0 atom stereocenters. The van der Waals surface area contributed by atoms with Gasteiger partial charge in [0.05, 0.1) is 7.11 Å². The van der Waals surface area contributed by atoms with Gasteiger partial charge in [-0.1, -0.05) is 16.5 Å². The smallest absolute Gasteiger partial charge is 0.357 e. The number of carbonyl (C=O) groups excluding carboxylic acids is 2. The third-order valence-electron chi connectivity index (χ3n) is 2.05. The first-order valence-electron chi connectivity index (χ1n) is 5.96. The number of rotatable bonds is 3. The largest absolute Gasteiger partial charge is 0.473 e. The number of oxime groups is 1. The summed E-state index contributed by atoms with van der Waals surface area (Å²) in [4.78, 5) is 28.0. The lowest BCUT2D eigenvalue weighted by atomic mass is 10.1. The number of aromatic nitrogens is 1. The van der Waals surface area contributed by atoms with Crippen molar-refractivity contribution in [1.29, 1.82) is 0 Å². The lowest BCUT2D eigenvalue weighted by molar-refractivity contribution is 0.0703. The first-order valence-corrected chi connectivity index (χ1v) is 6.77. The molecule has 0 saturated heterocycles. The number of thiazole rings is 1. The molecule has 0 bridgehead atoms. The van der Waals surface area contributed by atoms with Gasteiger partial charge < -0.3 is 20.0 Å². The average Bonchev–Trinajstić information content (AvgIpc) is 2.80. The van der Waals surface area contributed by atoms with E-state index in [4.69, 9.17) is 14.7 Å². The van der Waals surface area contributed by atoms with Crippen LogP contribution in [-0.2, 0) is 4.74 Å². The first kappa shape index (κ1) is 16.9. The Morgan fingerprint density at radius 3 is 2.48 bits per heavy atom. The van der Waals surface area contributed by atoms with Gasteiger partial charge in [-0.3, -0.25) is 4.79 Å². The Labute approximate surface area is 125 Å². The fourth-order valence-corrected chi connectivity index (χ4v) is 2.04. The summed E-state index contributed by atoms with van der Waals surface area (Å²) in [6, 6.07) is 0. The highest BCUT2D eigenvalue weighted by molar-refractivity contribution is 7.15. The minimum Gasteiger partial charge on any atom is -0.473 e. The normalized spacial score (nSPS) is 12.0. The highest BCUT2D eigenvalue weighted by atomic mass is 32.1. The quantitative estimate of drug-likeness (QED) is 0.288. The van der Waals surface area contributed by atoms with Gasteiger partial charge in [0.25, 0.3) is 11.1 Å². The molecule has 0 radical (unpaired) electrons. The third kappa shape index (κ3) is 4.71. The fourth-order valence-electron chi connectivity index (χ4n) is 1.28. The van der Waals surface area contributed by atoms with Crippen LogP contribution in [0, 0.1) is 0 Å². The topological polar surface area (TPSA) is 110 Å². The molecule has 0 aliphatic carbocycles. The number of ether oxygens (including phenoxy) is 2. The van der Waals surface area contributed by atoms with E-state index in [1.165, 1.54) is 14.0 Å². The number of amides is 1. The van der Waals surface area contributed by atoms with Gasteiger partial charge in [0.1, 0.15) is 4.88 Å². The van der Waals surface area contributed by atoms with Crippen LogP contribution in [0.5, 0.6) is 5.19 Å². The molecule has 0 saturated carbocycles. The maximum Gasteiger partial charge on any atom is 0.357 e. The Bertz CT molecular complexity index is 574. The molecule has 1 amide bonds. The van der Waals surface area contributed by atoms with Crippen LogP contribution in [0.15, 0.2) is 5.16 Å². The molecule has 0 aliphatic heterocycles. The van der Waals surface area contributed by atoms with E-state index in [0.717, 1.165) is 11.3 Å². The van der Waals surface area contributed by atoms with E-state index in [0.29, 0.717) is 0 Å². The van der Waals surface area contributed by atoms with Crippen molar-refractivity contribution in [3.63, 3.8) is 0 Å². The lowest BCUT2D eigenvalue weighted by Gasteiger charge is -2.19. The van der Waals surface area contributed by atoms with E-state index >= 15 is 0 Å². The first-order chi connectivity index (χ1) is 9.67. The van der Waals surface area contributed by atoms with E-state index in [1.807, 2.05) is 0 Å². The molecule has 1 aromatic rings. The molecule has 0 aromatic carbocycles. The molecule has 0 unspecified atom stereocenters. The molecule has 8 nitrogen and oxygen atoms in total. The summed E-state index contributed by atoms with van der Waals surface area (Å²) in [5.74, 6) is -1.60.